The monoisotopic (exact) mass is 323 g/mol. The standard InChI is InChI=1S/C16H18FNOS2/c17-14-3-5-15(6-4-14)21-10-1-9-18-16(19)7-2-13-8-11-20-12-13/h3-6,8,11-12H,1-2,7,9-10H2,(H,18,19). The molecular weight excluding hydrogens is 305 g/mol. The summed E-state index contributed by atoms with van der Waals surface area (Å²) in [6.45, 7) is 0.691. The van der Waals surface area contributed by atoms with Crippen molar-refractivity contribution in [1.82, 2.24) is 5.32 Å². The fourth-order valence-corrected chi connectivity index (χ4v) is 3.36. The number of thioether (sulfide) groups is 1. The number of halogens is 1. The molecule has 1 aromatic carbocycles. The average Bonchev–Trinajstić information content (AvgIpc) is 3.00. The zero-order valence-electron chi connectivity index (χ0n) is 11.7. The fraction of sp³-hybridized carbons (Fsp3) is 0.312. The fourth-order valence-electron chi connectivity index (χ4n) is 1.80. The second kappa shape index (κ2) is 8.85. The molecule has 21 heavy (non-hydrogen) atoms. The number of nitrogens with one attached hydrogen (secondary N) is 1. The molecule has 2 rings (SSSR count). The number of aryl methyl sites for hydroxylation is 1. The largest absolute Gasteiger partial charge is 0.356 e. The molecule has 0 aliphatic carbocycles. The van der Waals surface area contributed by atoms with Crippen LogP contribution in [0.5, 0.6) is 0 Å². The Hall–Kier alpha value is -1.33. The van der Waals surface area contributed by atoms with Crippen molar-refractivity contribution in [2.24, 2.45) is 0 Å². The van der Waals surface area contributed by atoms with Gasteiger partial charge in [0, 0.05) is 17.9 Å². The van der Waals surface area contributed by atoms with Gasteiger partial charge >= 0.3 is 0 Å². The van der Waals surface area contributed by atoms with Gasteiger partial charge < -0.3 is 5.32 Å². The molecule has 1 aromatic heterocycles. The Kier molecular flexibility index (Phi) is 6.76. The van der Waals surface area contributed by atoms with Gasteiger partial charge in [-0.1, -0.05) is 0 Å². The molecule has 1 amide bonds. The predicted octanol–water partition coefficient (Wildman–Crippen LogP) is 4.12. The van der Waals surface area contributed by atoms with Crippen LogP contribution in [0.15, 0.2) is 46.0 Å². The van der Waals surface area contributed by atoms with Crippen LogP contribution < -0.4 is 5.32 Å². The summed E-state index contributed by atoms with van der Waals surface area (Å²) < 4.78 is 12.7. The molecule has 0 radical (unpaired) electrons. The number of hydrogen-bond donors (Lipinski definition) is 1. The lowest BCUT2D eigenvalue weighted by Crippen LogP contribution is -2.24. The maximum Gasteiger partial charge on any atom is 0.220 e. The lowest BCUT2D eigenvalue weighted by Gasteiger charge is -2.05. The lowest BCUT2D eigenvalue weighted by molar-refractivity contribution is -0.121. The minimum absolute atomic E-state index is 0.105. The molecule has 0 saturated heterocycles. The first-order valence-corrected chi connectivity index (χ1v) is 8.83. The first kappa shape index (κ1) is 16.0. The van der Waals surface area contributed by atoms with Gasteiger partial charge in [-0.05, 0) is 65.2 Å². The van der Waals surface area contributed by atoms with Crippen molar-refractivity contribution >= 4 is 29.0 Å². The van der Waals surface area contributed by atoms with Gasteiger partial charge in [-0.25, -0.2) is 4.39 Å². The first-order valence-electron chi connectivity index (χ1n) is 6.90. The molecule has 0 bridgehead atoms. The highest BCUT2D eigenvalue weighted by atomic mass is 32.2. The minimum Gasteiger partial charge on any atom is -0.356 e. The summed E-state index contributed by atoms with van der Waals surface area (Å²) >= 11 is 3.33. The van der Waals surface area contributed by atoms with Crippen LogP contribution in [-0.4, -0.2) is 18.2 Å². The molecule has 1 N–H and O–H groups in total. The van der Waals surface area contributed by atoms with Crippen LogP contribution in [0.2, 0.25) is 0 Å². The smallest absolute Gasteiger partial charge is 0.220 e. The Morgan fingerprint density at radius 2 is 2.05 bits per heavy atom. The van der Waals surface area contributed by atoms with Gasteiger partial charge in [-0.3, -0.25) is 4.79 Å². The van der Waals surface area contributed by atoms with Crippen LogP contribution in [0.25, 0.3) is 0 Å². The van der Waals surface area contributed by atoms with Crippen molar-refractivity contribution in [3.05, 3.63) is 52.5 Å². The lowest BCUT2D eigenvalue weighted by atomic mass is 10.2. The Morgan fingerprint density at radius 1 is 1.24 bits per heavy atom. The summed E-state index contributed by atoms with van der Waals surface area (Å²) in [5.74, 6) is 0.807. The number of carbonyl (C=O) groups is 1. The number of carbonyl (C=O) groups excluding carboxylic acids is 1. The van der Waals surface area contributed by atoms with Gasteiger partial charge in [-0.15, -0.1) is 11.8 Å². The van der Waals surface area contributed by atoms with Crippen molar-refractivity contribution in [1.29, 1.82) is 0 Å². The molecule has 2 nitrogen and oxygen atoms in total. The normalized spacial score (nSPS) is 10.5. The summed E-state index contributed by atoms with van der Waals surface area (Å²) in [6.07, 6.45) is 2.26. The Balaban J connectivity index is 1.53. The predicted molar refractivity (Wildman–Crippen MR) is 87.4 cm³/mol. The van der Waals surface area contributed by atoms with Gasteiger partial charge in [-0.2, -0.15) is 11.3 Å². The summed E-state index contributed by atoms with van der Waals surface area (Å²) in [5.41, 5.74) is 1.22. The molecule has 0 unspecified atom stereocenters. The van der Waals surface area contributed by atoms with Crippen molar-refractivity contribution in [2.75, 3.05) is 12.3 Å². The molecule has 0 aliphatic rings. The maximum atomic E-state index is 12.7. The van der Waals surface area contributed by atoms with Crippen LogP contribution in [0.1, 0.15) is 18.4 Å². The highest BCUT2D eigenvalue weighted by Gasteiger charge is 2.02. The number of amides is 1. The molecule has 0 fully saturated rings. The number of benzene rings is 1. The van der Waals surface area contributed by atoms with Crippen molar-refractivity contribution in [2.45, 2.75) is 24.2 Å². The van der Waals surface area contributed by atoms with Crippen LogP contribution >= 0.6 is 23.1 Å². The maximum absolute atomic E-state index is 12.7. The molecule has 112 valence electrons. The van der Waals surface area contributed by atoms with Crippen LogP contribution in [-0.2, 0) is 11.2 Å². The van der Waals surface area contributed by atoms with Crippen LogP contribution in [0.3, 0.4) is 0 Å². The molecule has 2 aromatic rings. The second-order valence-electron chi connectivity index (χ2n) is 4.64. The first-order chi connectivity index (χ1) is 10.2. The Labute approximate surface area is 132 Å². The van der Waals surface area contributed by atoms with Gasteiger partial charge in [0.25, 0.3) is 0 Å². The van der Waals surface area contributed by atoms with E-state index in [1.54, 1.807) is 35.2 Å². The second-order valence-corrected chi connectivity index (χ2v) is 6.59. The van der Waals surface area contributed by atoms with Crippen molar-refractivity contribution in [3.8, 4) is 0 Å². The summed E-state index contributed by atoms with van der Waals surface area (Å²) in [6, 6.07) is 8.54. The third-order valence-electron chi connectivity index (χ3n) is 2.95. The highest BCUT2D eigenvalue weighted by molar-refractivity contribution is 7.99. The third-order valence-corrected chi connectivity index (χ3v) is 4.78. The summed E-state index contributed by atoms with van der Waals surface area (Å²) in [4.78, 5) is 12.7. The molecule has 0 spiro atoms. The third kappa shape index (κ3) is 6.31. The topological polar surface area (TPSA) is 29.1 Å². The molecule has 5 heteroatoms. The average molecular weight is 323 g/mol. The van der Waals surface area contributed by atoms with E-state index in [1.807, 2.05) is 5.38 Å². The number of thiophene rings is 1. The minimum atomic E-state index is -0.211. The van der Waals surface area contributed by atoms with E-state index in [1.165, 1.54) is 17.7 Å². The number of hydrogen-bond acceptors (Lipinski definition) is 3. The highest BCUT2D eigenvalue weighted by Crippen LogP contribution is 2.18. The van der Waals surface area contributed by atoms with E-state index in [2.05, 4.69) is 16.8 Å². The van der Waals surface area contributed by atoms with E-state index in [0.29, 0.717) is 13.0 Å². The van der Waals surface area contributed by atoms with Crippen LogP contribution in [0, 0.1) is 5.82 Å². The molecule has 1 heterocycles. The van der Waals surface area contributed by atoms with Gasteiger partial charge in [0.05, 0.1) is 0 Å². The Bertz CT molecular complexity index is 540. The van der Waals surface area contributed by atoms with Crippen LogP contribution in [0.4, 0.5) is 4.39 Å². The van der Waals surface area contributed by atoms with Crippen molar-refractivity contribution < 1.29 is 9.18 Å². The van der Waals surface area contributed by atoms with Gasteiger partial charge in [0.1, 0.15) is 5.82 Å². The number of rotatable bonds is 8. The summed E-state index contributed by atoms with van der Waals surface area (Å²) in [5, 5.41) is 7.04. The summed E-state index contributed by atoms with van der Waals surface area (Å²) in [7, 11) is 0. The van der Waals surface area contributed by atoms with E-state index in [4.69, 9.17) is 0 Å². The molecule has 0 saturated carbocycles. The molecular formula is C16H18FNOS2. The van der Waals surface area contributed by atoms with E-state index in [9.17, 15) is 9.18 Å². The van der Waals surface area contributed by atoms with E-state index in [0.717, 1.165) is 23.5 Å². The van der Waals surface area contributed by atoms with E-state index >= 15 is 0 Å². The van der Waals surface area contributed by atoms with Gasteiger partial charge in [0.2, 0.25) is 5.91 Å². The Morgan fingerprint density at radius 3 is 2.76 bits per heavy atom. The van der Waals surface area contributed by atoms with Crippen molar-refractivity contribution in [3.63, 3.8) is 0 Å². The quantitative estimate of drug-likeness (QED) is 0.585. The SMILES string of the molecule is O=C(CCc1ccsc1)NCCCSc1ccc(F)cc1. The van der Waals surface area contributed by atoms with E-state index < -0.39 is 0 Å². The van der Waals surface area contributed by atoms with E-state index in [-0.39, 0.29) is 11.7 Å². The molecule has 0 atom stereocenters. The van der Waals surface area contributed by atoms with Gasteiger partial charge in [0.15, 0.2) is 0 Å². The molecule has 0 aliphatic heterocycles. The zero-order chi connectivity index (χ0) is 14.9. The zero-order valence-corrected chi connectivity index (χ0v) is 13.3.